The number of likely N-dealkylation sites (tertiary alicyclic amines) is 1. The second kappa shape index (κ2) is 10.5. The second-order valence-corrected chi connectivity index (χ2v) is 7.25. The molecule has 0 spiro atoms. The Bertz CT molecular complexity index is 860. The van der Waals surface area contributed by atoms with Crippen LogP contribution in [0.5, 0.6) is 0 Å². The number of methoxy groups -OCH3 is 1. The highest BCUT2D eigenvalue weighted by atomic mass is 16.5. The molecule has 30 heavy (non-hydrogen) atoms. The van der Waals surface area contributed by atoms with Crippen LogP contribution in [0.3, 0.4) is 0 Å². The maximum atomic E-state index is 12.8. The summed E-state index contributed by atoms with van der Waals surface area (Å²) in [6.07, 6.45) is 1.30. The van der Waals surface area contributed by atoms with E-state index in [1.54, 1.807) is 48.4 Å². The molecule has 0 saturated carbocycles. The van der Waals surface area contributed by atoms with Gasteiger partial charge in [0.2, 0.25) is 5.91 Å². The third kappa shape index (κ3) is 5.67. The number of nitrogens with one attached hydrogen (secondary N) is 2. The first-order valence-electron chi connectivity index (χ1n) is 10.1. The van der Waals surface area contributed by atoms with Gasteiger partial charge in [0.1, 0.15) is 0 Å². The van der Waals surface area contributed by atoms with Crippen LogP contribution in [0.25, 0.3) is 0 Å². The van der Waals surface area contributed by atoms with Crippen molar-refractivity contribution in [3.8, 4) is 0 Å². The fraction of sp³-hybridized carbons (Fsp3) is 0.348. The highest BCUT2D eigenvalue weighted by Crippen LogP contribution is 2.20. The largest absolute Gasteiger partial charge is 0.383 e. The standard InChI is InChI=1S/C23H27N3O4/c1-30-16-13-24-21(27)18-11-14-26(15-12-18)23(29)19-7-9-20(10-8-19)25-22(28)17-5-3-2-4-6-17/h2-10,18H,11-16H2,1H3,(H,24,27)(H,25,28). The minimum absolute atomic E-state index is 0.0256. The van der Waals surface area contributed by atoms with Crippen LogP contribution in [-0.4, -0.2) is 56.0 Å². The predicted octanol–water partition coefficient (Wildman–Crippen LogP) is 2.55. The molecule has 0 aliphatic carbocycles. The van der Waals surface area contributed by atoms with Crippen molar-refractivity contribution in [3.05, 3.63) is 65.7 Å². The molecule has 0 atom stereocenters. The van der Waals surface area contributed by atoms with Crippen molar-refractivity contribution in [2.75, 3.05) is 38.7 Å². The maximum Gasteiger partial charge on any atom is 0.255 e. The van der Waals surface area contributed by atoms with Crippen LogP contribution < -0.4 is 10.6 Å². The van der Waals surface area contributed by atoms with E-state index in [1.807, 2.05) is 18.2 Å². The smallest absolute Gasteiger partial charge is 0.255 e. The van der Waals surface area contributed by atoms with E-state index in [1.165, 1.54) is 0 Å². The third-order valence-electron chi connectivity index (χ3n) is 5.18. The van der Waals surface area contributed by atoms with Gasteiger partial charge in [-0.1, -0.05) is 18.2 Å². The summed E-state index contributed by atoms with van der Waals surface area (Å²) in [7, 11) is 1.60. The fourth-order valence-electron chi connectivity index (χ4n) is 3.44. The molecular formula is C23H27N3O4. The van der Waals surface area contributed by atoms with E-state index < -0.39 is 0 Å². The van der Waals surface area contributed by atoms with Gasteiger partial charge in [-0.15, -0.1) is 0 Å². The summed E-state index contributed by atoms with van der Waals surface area (Å²) in [5, 5.41) is 5.69. The monoisotopic (exact) mass is 409 g/mol. The third-order valence-corrected chi connectivity index (χ3v) is 5.18. The van der Waals surface area contributed by atoms with Gasteiger partial charge in [0, 0.05) is 49.5 Å². The van der Waals surface area contributed by atoms with Crippen molar-refractivity contribution in [2.45, 2.75) is 12.8 Å². The number of piperidine rings is 1. The zero-order valence-corrected chi connectivity index (χ0v) is 17.1. The van der Waals surface area contributed by atoms with E-state index in [-0.39, 0.29) is 23.6 Å². The van der Waals surface area contributed by atoms with Crippen LogP contribution >= 0.6 is 0 Å². The van der Waals surface area contributed by atoms with Gasteiger partial charge in [0.05, 0.1) is 6.61 Å². The van der Waals surface area contributed by atoms with Crippen LogP contribution in [-0.2, 0) is 9.53 Å². The second-order valence-electron chi connectivity index (χ2n) is 7.25. The first kappa shape index (κ1) is 21.5. The summed E-state index contributed by atoms with van der Waals surface area (Å²) in [4.78, 5) is 38.9. The molecule has 1 heterocycles. The molecule has 3 amide bonds. The number of carbonyl (C=O) groups is 3. The quantitative estimate of drug-likeness (QED) is 0.688. The molecule has 2 aromatic rings. The van der Waals surface area contributed by atoms with Gasteiger partial charge in [-0.25, -0.2) is 0 Å². The molecule has 0 bridgehead atoms. The lowest BCUT2D eigenvalue weighted by Gasteiger charge is -2.31. The van der Waals surface area contributed by atoms with Crippen molar-refractivity contribution in [1.29, 1.82) is 0 Å². The Hall–Kier alpha value is -3.19. The van der Waals surface area contributed by atoms with E-state index in [0.717, 1.165) is 0 Å². The van der Waals surface area contributed by atoms with E-state index in [4.69, 9.17) is 4.74 Å². The fourth-order valence-corrected chi connectivity index (χ4v) is 3.44. The van der Waals surface area contributed by atoms with Gasteiger partial charge in [0.15, 0.2) is 0 Å². The Morgan fingerprint density at radius 2 is 1.63 bits per heavy atom. The van der Waals surface area contributed by atoms with Gasteiger partial charge in [0.25, 0.3) is 11.8 Å². The van der Waals surface area contributed by atoms with Crippen molar-refractivity contribution in [1.82, 2.24) is 10.2 Å². The molecule has 0 unspecified atom stereocenters. The summed E-state index contributed by atoms with van der Waals surface area (Å²) < 4.78 is 4.94. The summed E-state index contributed by atoms with van der Waals surface area (Å²) in [5.41, 5.74) is 1.77. The molecular weight excluding hydrogens is 382 g/mol. The highest BCUT2D eigenvalue weighted by Gasteiger charge is 2.27. The molecule has 7 nitrogen and oxygen atoms in total. The molecule has 2 aromatic carbocycles. The van der Waals surface area contributed by atoms with Gasteiger partial charge in [-0.2, -0.15) is 0 Å². The van der Waals surface area contributed by atoms with Crippen LogP contribution in [0.1, 0.15) is 33.6 Å². The molecule has 158 valence electrons. The molecule has 1 aliphatic heterocycles. The number of ether oxygens (including phenoxy) is 1. The number of benzene rings is 2. The summed E-state index contributed by atoms with van der Waals surface area (Å²) in [6, 6.07) is 15.8. The lowest BCUT2D eigenvalue weighted by atomic mass is 9.95. The summed E-state index contributed by atoms with van der Waals surface area (Å²) in [6.45, 7) is 2.09. The van der Waals surface area contributed by atoms with Crippen molar-refractivity contribution < 1.29 is 19.1 Å². The molecule has 3 rings (SSSR count). The Morgan fingerprint density at radius 3 is 2.27 bits per heavy atom. The predicted molar refractivity (Wildman–Crippen MR) is 114 cm³/mol. The van der Waals surface area contributed by atoms with Gasteiger partial charge < -0.3 is 20.3 Å². The first-order chi connectivity index (χ1) is 14.6. The Balaban J connectivity index is 1.50. The zero-order valence-electron chi connectivity index (χ0n) is 17.1. The van der Waals surface area contributed by atoms with E-state index in [2.05, 4.69) is 10.6 Å². The van der Waals surface area contributed by atoms with Crippen molar-refractivity contribution >= 4 is 23.4 Å². The Kier molecular flexibility index (Phi) is 7.57. The number of anilines is 1. The van der Waals surface area contributed by atoms with Gasteiger partial charge in [-0.05, 0) is 49.2 Å². The molecule has 2 N–H and O–H groups in total. The summed E-state index contributed by atoms with van der Waals surface area (Å²) >= 11 is 0. The molecule has 1 fully saturated rings. The minimum atomic E-state index is -0.194. The normalized spacial score (nSPS) is 14.2. The van der Waals surface area contributed by atoms with Crippen LogP contribution in [0.4, 0.5) is 5.69 Å². The first-order valence-corrected chi connectivity index (χ1v) is 10.1. The molecule has 1 aliphatic rings. The topological polar surface area (TPSA) is 87.7 Å². The Morgan fingerprint density at radius 1 is 0.967 bits per heavy atom. The van der Waals surface area contributed by atoms with Crippen LogP contribution in [0.2, 0.25) is 0 Å². The number of hydrogen-bond acceptors (Lipinski definition) is 4. The number of amides is 3. The van der Waals surface area contributed by atoms with E-state index in [9.17, 15) is 14.4 Å². The number of rotatable bonds is 7. The number of carbonyl (C=O) groups excluding carboxylic acids is 3. The van der Waals surface area contributed by atoms with Gasteiger partial charge in [-0.3, -0.25) is 14.4 Å². The molecule has 1 saturated heterocycles. The molecule has 0 radical (unpaired) electrons. The average Bonchev–Trinajstić information content (AvgIpc) is 2.80. The zero-order chi connectivity index (χ0) is 21.3. The molecule has 0 aromatic heterocycles. The average molecular weight is 409 g/mol. The highest BCUT2D eigenvalue weighted by molar-refractivity contribution is 6.04. The Labute approximate surface area is 176 Å². The summed E-state index contributed by atoms with van der Waals surface area (Å²) in [5.74, 6) is -0.297. The SMILES string of the molecule is COCCNC(=O)C1CCN(C(=O)c2ccc(NC(=O)c3ccccc3)cc2)CC1. The van der Waals surface area contributed by atoms with Gasteiger partial charge >= 0.3 is 0 Å². The maximum absolute atomic E-state index is 12.8. The van der Waals surface area contributed by atoms with E-state index >= 15 is 0 Å². The minimum Gasteiger partial charge on any atom is -0.383 e. The van der Waals surface area contributed by atoms with Crippen molar-refractivity contribution in [3.63, 3.8) is 0 Å². The van der Waals surface area contributed by atoms with Crippen LogP contribution in [0, 0.1) is 5.92 Å². The number of hydrogen-bond donors (Lipinski definition) is 2. The lowest BCUT2D eigenvalue weighted by Crippen LogP contribution is -2.43. The molecule has 7 heteroatoms. The van der Waals surface area contributed by atoms with E-state index in [0.29, 0.717) is 55.9 Å². The van der Waals surface area contributed by atoms with Crippen LogP contribution in [0.15, 0.2) is 54.6 Å². The van der Waals surface area contributed by atoms with Crippen molar-refractivity contribution in [2.24, 2.45) is 5.92 Å². The lowest BCUT2D eigenvalue weighted by molar-refractivity contribution is -0.126. The number of nitrogens with zero attached hydrogens (tertiary/aromatic N) is 1.